The number of anilines is 1. The molecule has 0 N–H and O–H groups in total. The summed E-state index contributed by atoms with van der Waals surface area (Å²) in [6.45, 7) is 0.756. The molecule has 1 fully saturated rings. The van der Waals surface area contributed by atoms with Crippen LogP contribution in [0, 0.1) is 0 Å². The lowest BCUT2D eigenvalue weighted by atomic mass is 10.3. The number of hydrogen-bond acceptors (Lipinski definition) is 6. The van der Waals surface area contributed by atoms with Crippen molar-refractivity contribution in [3.05, 3.63) is 42.7 Å². The Balaban J connectivity index is 1.69. The van der Waals surface area contributed by atoms with Crippen LogP contribution in [0.4, 0.5) is 5.82 Å². The van der Waals surface area contributed by atoms with Crippen molar-refractivity contribution in [2.24, 2.45) is 0 Å². The zero-order valence-electron chi connectivity index (χ0n) is 13.7. The fourth-order valence-electron chi connectivity index (χ4n) is 2.56. The van der Waals surface area contributed by atoms with Crippen molar-refractivity contribution < 1.29 is 13.2 Å². The Bertz CT molecular complexity index is 796. The molecule has 0 saturated carbocycles. The molecule has 1 aliphatic heterocycles. The molecular formula is C16H20N4O3S. The van der Waals surface area contributed by atoms with Crippen LogP contribution in [0.1, 0.15) is 6.42 Å². The van der Waals surface area contributed by atoms with E-state index in [4.69, 9.17) is 4.74 Å². The van der Waals surface area contributed by atoms with Crippen molar-refractivity contribution in [3.8, 4) is 5.88 Å². The van der Waals surface area contributed by atoms with Crippen LogP contribution in [0.15, 0.2) is 47.6 Å². The van der Waals surface area contributed by atoms with E-state index in [0.717, 1.165) is 5.82 Å². The number of aromatic nitrogens is 2. The molecule has 0 radical (unpaired) electrons. The van der Waals surface area contributed by atoms with Crippen molar-refractivity contribution in [1.29, 1.82) is 0 Å². The van der Waals surface area contributed by atoms with Gasteiger partial charge in [0.05, 0.1) is 11.4 Å². The van der Waals surface area contributed by atoms with Gasteiger partial charge in [-0.25, -0.2) is 18.4 Å². The number of ether oxygens (including phenoxy) is 1. The van der Waals surface area contributed by atoms with Crippen LogP contribution in [0.3, 0.4) is 0 Å². The molecule has 3 rings (SSSR count). The standard InChI is InChI=1S/C16H20N4O3S/c1-19(2)15-10-16(18-12-17-15)23-13-8-9-20(11-13)24(21,22)14-6-4-3-5-7-14/h3-7,10,12-13H,8-9,11H2,1-2H3. The minimum atomic E-state index is -3.47. The van der Waals surface area contributed by atoms with Crippen LogP contribution in [0.2, 0.25) is 0 Å². The van der Waals surface area contributed by atoms with Gasteiger partial charge in [-0.15, -0.1) is 0 Å². The SMILES string of the molecule is CN(C)c1cc(OC2CCN(S(=O)(=O)c3ccccc3)C2)ncn1. The molecule has 0 amide bonds. The normalized spacial score (nSPS) is 18.5. The van der Waals surface area contributed by atoms with Gasteiger partial charge in [0.15, 0.2) is 0 Å². The summed E-state index contributed by atoms with van der Waals surface area (Å²) < 4.78 is 32.5. The van der Waals surface area contributed by atoms with Crippen LogP contribution in [0.5, 0.6) is 5.88 Å². The maximum Gasteiger partial charge on any atom is 0.243 e. The van der Waals surface area contributed by atoms with Gasteiger partial charge in [-0.2, -0.15) is 4.31 Å². The van der Waals surface area contributed by atoms with Crippen LogP contribution in [-0.4, -0.2) is 56.0 Å². The molecule has 1 unspecified atom stereocenters. The first kappa shape index (κ1) is 16.7. The lowest BCUT2D eigenvalue weighted by Gasteiger charge is -2.17. The second kappa shape index (κ2) is 6.74. The lowest BCUT2D eigenvalue weighted by Crippen LogP contribution is -2.31. The number of hydrogen-bond donors (Lipinski definition) is 0. The predicted molar refractivity (Wildman–Crippen MR) is 90.6 cm³/mol. The van der Waals surface area contributed by atoms with Crippen LogP contribution >= 0.6 is 0 Å². The van der Waals surface area contributed by atoms with E-state index >= 15 is 0 Å². The highest BCUT2D eigenvalue weighted by Crippen LogP contribution is 2.24. The molecular weight excluding hydrogens is 328 g/mol. The Morgan fingerprint density at radius 2 is 1.96 bits per heavy atom. The highest BCUT2D eigenvalue weighted by Gasteiger charge is 2.33. The Morgan fingerprint density at radius 3 is 2.67 bits per heavy atom. The maximum atomic E-state index is 12.6. The van der Waals surface area contributed by atoms with Gasteiger partial charge < -0.3 is 9.64 Å². The molecule has 1 aliphatic rings. The Labute approximate surface area is 142 Å². The summed E-state index contributed by atoms with van der Waals surface area (Å²) in [5, 5.41) is 0. The van der Waals surface area contributed by atoms with Gasteiger partial charge in [0, 0.05) is 26.7 Å². The fraction of sp³-hybridized carbons (Fsp3) is 0.375. The summed E-state index contributed by atoms with van der Waals surface area (Å²) in [4.78, 5) is 10.4. The molecule has 1 aromatic heterocycles. The van der Waals surface area contributed by atoms with E-state index in [9.17, 15) is 8.42 Å². The van der Waals surface area contributed by atoms with Crippen molar-refractivity contribution in [3.63, 3.8) is 0 Å². The highest BCUT2D eigenvalue weighted by molar-refractivity contribution is 7.89. The van der Waals surface area contributed by atoms with Crippen molar-refractivity contribution in [2.45, 2.75) is 17.4 Å². The monoisotopic (exact) mass is 348 g/mol. The van der Waals surface area contributed by atoms with Crippen LogP contribution in [0.25, 0.3) is 0 Å². The minimum absolute atomic E-state index is 0.214. The van der Waals surface area contributed by atoms with Crippen molar-refractivity contribution in [1.82, 2.24) is 14.3 Å². The fourth-order valence-corrected chi connectivity index (χ4v) is 4.07. The molecule has 128 valence electrons. The Kier molecular flexibility index (Phi) is 4.68. The molecule has 7 nitrogen and oxygen atoms in total. The number of rotatable bonds is 5. The average molecular weight is 348 g/mol. The molecule has 1 saturated heterocycles. The van der Waals surface area contributed by atoms with Crippen molar-refractivity contribution >= 4 is 15.8 Å². The zero-order chi connectivity index (χ0) is 17.2. The average Bonchev–Trinajstić information content (AvgIpc) is 3.05. The first-order chi connectivity index (χ1) is 11.5. The molecule has 2 heterocycles. The molecule has 24 heavy (non-hydrogen) atoms. The van der Waals surface area contributed by atoms with Gasteiger partial charge in [0.2, 0.25) is 15.9 Å². The van der Waals surface area contributed by atoms with E-state index in [1.165, 1.54) is 10.6 Å². The molecule has 0 aliphatic carbocycles. The molecule has 1 aromatic carbocycles. The van der Waals surface area contributed by atoms with E-state index in [2.05, 4.69) is 9.97 Å². The van der Waals surface area contributed by atoms with E-state index in [-0.39, 0.29) is 6.10 Å². The molecule has 0 bridgehead atoms. The van der Waals surface area contributed by atoms with E-state index in [1.807, 2.05) is 19.0 Å². The van der Waals surface area contributed by atoms with Gasteiger partial charge in [-0.3, -0.25) is 0 Å². The zero-order valence-corrected chi connectivity index (χ0v) is 14.5. The summed E-state index contributed by atoms with van der Waals surface area (Å²) in [5.41, 5.74) is 0. The summed E-state index contributed by atoms with van der Waals surface area (Å²) in [6, 6.07) is 10.2. The maximum absolute atomic E-state index is 12.6. The van der Waals surface area contributed by atoms with E-state index < -0.39 is 10.0 Å². The third-order valence-corrected chi connectivity index (χ3v) is 5.74. The topological polar surface area (TPSA) is 75.6 Å². The van der Waals surface area contributed by atoms with E-state index in [0.29, 0.717) is 30.3 Å². The summed E-state index contributed by atoms with van der Waals surface area (Å²) in [7, 11) is 0.296. The third-order valence-electron chi connectivity index (χ3n) is 3.86. The Morgan fingerprint density at radius 1 is 1.21 bits per heavy atom. The van der Waals surface area contributed by atoms with Crippen LogP contribution in [-0.2, 0) is 10.0 Å². The molecule has 2 aromatic rings. The van der Waals surface area contributed by atoms with Gasteiger partial charge in [0.25, 0.3) is 0 Å². The smallest absolute Gasteiger partial charge is 0.243 e. The highest BCUT2D eigenvalue weighted by atomic mass is 32.2. The first-order valence-electron chi connectivity index (χ1n) is 7.68. The number of sulfonamides is 1. The predicted octanol–water partition coefficient (Wildman–Crippen LogP) is 1.38. The number of nitrogens with zero attached hydrogens (tertiary/aromatic N) is 4. The Hall–Kier alpha value is -2.19. The lowest BCUT2D eigenvalue weighted by molar-refractivity contribution is 0.206. The second-order valence-electron chi connectivity index (χ2n) is 5.81. The summed E-state index contributed by atoms with van der Waals surface area (Å²) in [6.07, 6.45) is 1.86. The molecule has 1 atom stereocenters. The van der Waals surface area contributed by atoms with Crippen molar-refractivity contribution in [2.75, 3.05) is 32.1 Å². The molecule has 0 spiro atoms. The third kappa shape index (κ3) is 3.49. The van der Waals surface area contributed by atoms with Gasteiger partial charge in [-0.05, 0) is 18.6 Å². The minimum Gasteiger partial charge on any atom is -0.473 e. The first-order valence-corrected chi connectivity index (χ1v) is 9.12. The largest absolute Gasteiger partial charge is 0.473 e. The van der Waals surface area contributed by atoms with Gasteiger partial charge >= 0.3 is 0 Å². The van der Waals surface area contributed by atoms with Gasteiger partial charge in [0.1, 0.15) is 18.2 Å². The van der Waals surface area contributed by atoms with Gasteiger partial charge in [-0.1, -0.05) is 18.2 Å². The number of benzene rings is 1. The van der Waals surface area contributed by atoms with Crippen LogP contribution < -0.4 is 9.64 Å². The second-order valence-corrected chi connectivity index (χ2v) is 7.75. The quantitative estimate of drug-likeness (QED) is 0.813. The summed E-state index contributed by atoms with van der Waals surface area (Å²) in [5.74, 6) is 1.20. The summed E-state index contributed by atoms with van der Waals surface area (Å²) >= 11 is 0. The molecule has 8 heteroatoms. The van der Waals surface area contributed by atoms with E-state index in [1.54, 1.807) is 36.4 Å².